The summed E-state index contributed by atoms with van der Waals surface area (Å²) < 4.78 is 37.8. The summed E-state index contributed by atoms with van der Waals surface area (Å²) in [5.74, 6) is -2.67. The molecule has 0 radical (unpaired) electrons. The van der Waals surface area contributed by atoms with Gasteiger partial charge in [-0.25, -0.2) is 28.1 Å². The summed E-state index contributed by atoms with van der Waals surface area (Å²) in [4.78, 5) is 40.6. The molecule has 12 heteroatoms. The average Bonchev–Trinajstić information content (AvgIpc) is 3.01. The number of hydrogen-bond acceptors (Lipinski definition) is 7. The van der Waals surface area contributed by atoms with Crippen LogP contribution in [-0.2, 0) is 19.7 Å². The molecule has 42 heavy (non-hydrogen) atoms. The van der Waals surface area contributed by atoms with Gasteiger partial charge in [-0.1, -0.05) is 30.3 Å². The first-order valence-corrected chi connectivity index (χ1v) is 13.6. The Labute approximate surface area is 242 Å². The molecule has 2 aromatic carbocycles. The number of nitriles is 1. The Morgan fingerprint density at radius 2 is 1.86 bits per heavy atom. The molecule has 0 bridgehead atoms. The molecule has 222 valence electrons. The first-order chi connectivity index (χ1) is 20.2. The van der Waals surface area contributed by atoms with Crippen molar-refractivity contribution in [1.29, 1.82) is 5.26 Å². The molecule has 4 amide bonds. The number of benzene rings is 2. The second kappa shape index (κ2) is 13.4. The van der Waals surface area contributed by atoms with Crippen molar-refractivity contribution in [2.45, 2.75) is 37.1 Å². The second-order valence-electron chi connectivity index (χ2n) is 10.2. The van der Waals surface area contributed by atoms with Crippen LogP contribution in [0.25, 0.3) is 0 Å². The first-order valence-electron chi connectivity index (χ1n) is 13.6. The maximum atomic E-state index is 14.2. The summed E-state index contributed by atoms with van der Waals surface area (Å²) in [5.41, 5.74) is 1.04. The Bertz CT molecular complexity index is 1390. The number of anilines is 1. The lowest BCUT2D eigenvalue weighted by molar-refractivity contribution is -0.136. The number of halogens is 2. The van der Waals surface area contributed by atoms with Gasteiger partial charge in [0.2, 0.25) is 0 Å². The smallest absolute Gasteiger partial charge is 0.337 e. The van der Waals surface area contributed by atoms with Gasteiger partial charge in [0, 0.05) is 38.0 Å². The van der Waals surface area contributed by atoms with Crippen LogP contribution in [-0.4, -0.2) is 69.4 Å². The third-order valence-corrected chi connectivity index (χ3v) is 7.80. The number of hydrogen-bond donors (Lipinski definition) is 2. The van der Waals surface area contributed by atoms with E-state index in [2.05, 4.69) is 16.7 Å². The van der Waals surface area contributed by atoms with Gasteiger partial charge >= 0.3 is 18.0 Å². The molecule has 0 spiro atoms. The maximum Gasteiger partial charge on any atom is 0.337 e. The van der Waals surface area contributed by atoms with E-state index in [1.807, 2.05) is 35.2 Å². The number of methoxy groups -OCH3 is 2. The summed E-state index contributed by atoms with van der Waals surface area (Å²) in [5, 5.41) is 15.3. The van der Waals surface area contributed by atoms with Gasteiger partial charge in [-0.2, -0.15) is 5.26 Å². The molecule has 0 unspecified atom stereocenters. The number of carbonyl (C=O) groups excluding carboxylic acids is 3. The highest BCUT2D eigenvalue weighted by atomic mass is 19.2. The average molecular weight is 582 g/mol. The molecule has 1 aliphatic heterocycles. The molecule has 4 rings (SSSR count). The molecule has 2 aliphatic rings. The molecular formula is C30H33F2N5O5. The van der Waals surface area contributed by atoms with Crippen molar-refractivity contribution < 1.29 is 32.6 Å². The van der Waals surface area contributed by atoms with Crippen LogP contribution in [0.3, 0.4) is 0 Å². The molecule has 1 heterocycles. The van der Waals surface area contributed by atoms with Crippen molar-refractivity contribution in [3.63, 3.8) is 0 Å². The first kappa shape index (κ1) is 30.5. The standard InChI is InChI=1S/C30H33F2N5O5/c1-41-18-26-23(27(38)42-2)17-37(29(40)35-26)28(39)34-14-15-36(22-8-9-24(31)25(32)16-22)21-10-12-30(19-33,13-11-21)20-6-4-3-5-7-20/h3-9,16,21H,10-15,17-18H2,1-2H3,(H,34,39)(H,35,40). The zero-order valence-corrected chi connectivity index (χ0v) is 23.5. The molecule has 1 aliphatic carbocycles. The lowest BCUT2D eigenvalue weighted by atomic mass is 9.69. The highest BCUT2D eigenvalue weighted by molar-refractivity contribution is 6.00. The molecule has 0 atom stereocenters. The minimum Gasteiger partial charge on any atom is -0.466 e. The van der Waals surface area contributed by atoms with Gasteiger partial charge in [0.05, 0.1) is 43.0 Å². The maximum absolute atomic E-state index is 14.2. The zero-order valence-electron chi connectivity index (χ0n) is 23.5. The number of imide groups is 1. The van der Waals surface area contributed by atoms with Crippen molar-refractivity contribution in [2.75, 3.05) is 45.4 Å². The van der Waals surface area contributed by atoms with Gasteiger partial charge in [0.1, 0.15) is 0 Å². The Morgan fingerprint density at radius 1 is 1.14 bits per heavy atom. The van der Waals surface area contributed by atoms with Crippen LogP contribution in [0.2, 0.25) is 0 Å². The van der Waals surface area contributed by atoms with E-state index in [1.54, 1.807) is 0 Å². The Kier molecular flexibility index (Phi) is 9.75. The number of carbonyl (C=O) groups is 3. The van der Waals surface area contributed by atoms with E-state index >= 15 is 0 Å². The van der Waals surface area contributed by atoms with E-state index in [-0.39, 0.29) is 43.6 Å². The molecule has 2 N–H and O–H groups in total. The quantitative estimate of drug-likeness (QED) is 0.430. The molecule has 2 aromatic rings. The number of ether oxygens (including phenoxy) is 2. The van der Waals surface area contributed by atoms with Crippen LogP contribution < -0.4 is 15.5 Å². The fraction of sp³-hybridized carbons (Fsp3) is 0.400. The Balaban J connectivity index is 1.47. The van der Waals surface area contributed by atoms with Crippen LogP contribution >= 0.6 is 0 Å². The van der Waals surface area contributed by atoms with Crippen molar-refractivity contribution in [1.82, 2.24) is 15.5 Å². The molecule has 0 saturated heterocycles. The van der Waals surface area contributed by atoms with Gasteiger partial charge in [0.15, 0.2) is 11.6 Å². The van der Waals surface area contributed by atoms with E-state index < -0.39 is 35.1 Å². The van der Waals surface area contributed by atoms with Crippen LogP contribution in [0, 0.1) is 23.0 Å². The fourth-order valence-corrected chi connectivity index (χ4v) is 5.53. The molecule has 1 saturated carbocycles. The summed E-state index contributed by atoms with van der Waals surface area (Å²) in [7, 11) is 2.60. The fourth-order valence-electron chi connectivity index (χ4n) is 5.53. The number of rotatable bonds is 9. The third-order valence-electron chi connectivity index (χ3n) is 7.80. The highest BCUT2D eigenvalue weighted by Gasteiger charge is 2.39. The van der Waals surface area contributed by atoms with Gasteiger partial charge in [0.25, 0.3) is 0 Å². The third kappa shape index (κ3) is 6.52. The Morgan fingerprint density at radius 3 is 2.48 bits per heavy atom. The highest BCUT2D eigenvalue weighted by Crippen LogP contribution is 2.41. The largest absolute Gasteiger partial charge is 0.466 e. The van der Waals surface area contributed by atoms with Gasteiger partial charge in [-0.15, -0.1) is 0 Å². The normalized spacial score (nSPS) is 20.4. The van der Waals surface area contributed by atoms with Gasteiger partial charge in [-0.05, 0) is 43.4 Å². The minimum atomic E-state index is -0.994. The van der Waals surface area contributed by atoms with Crippen molar-refractivity contribution in [3.8, 4) is 6.07 Å². The Hall–Kier alpha value is -4.50. The van der Waals surface area contributed by atoms with Crippen LogP contribution in [0.1, 0.15) is 31.2 Å². The summed E-state index contributed by atoms with van der Waals surface area (Å²) >= 11 is 0. The minimum absolute atomic E-state index is 0.0480. The van der Waals surface area contributed by atoms with E-state index in [4.69, 9.17) is 9.47 Å². The SMILES string of the molecule is COCC1=C(C(=O)OC)CN(C(=O)NCCN(c2ccc(F)c(F)c2)C2CCC(C#N)(c3ccccc3)CC2)C(=O)N1. The van der Waals surface area contributed by atoms with Crippen LogP contribution in [0.4, 0.5) is 24.1 Å². The predicted octanol–water partition coefficient (Wildman–Crippen LogP) is 3.98. The lowest BCUT2D eigenvalue weighted by Crippen LogP contribution is -2.54. The van der Waals surface area contributed by atoms with E-state index in [9.17, 15) is 28.4 Å². The summed E-state index contributed by atoms with van der Waals surface area (Å²) in [6.45, 7) is -0.0827. The van der Waals surface area contributed by atoms with E-state index in [0.717, 1.165) is 22.6 Å². The number of nitrogens with one attached hydrogen (secondary N) is 2. The number of nitrogens with zero attached hydrogens (tertiary/aromatic N) is 3. The molecular weight excluding hydrogens is 548 g/mol. The van der Waals surface area contributed by atoms with Crippen LogP contribution in [0.15, 0.2) is 59.8 Å². The topological polar surface area (TPSA) is 124 Å². The van der Waals surface area contributed by atoms with Crippen LogP contribution in [0.5, 0.6) is 0 Å². The predicted molar refractivity (Wildman–Crippen MR) is 149 cm³/mol. The zero-order chi connectivity index (χ0) is 30.3. The number of urea groups is 2. The number of esters is 1. The van der Waals surface area contributed by atoms with Crippen molar-refractivity contribution in [2.24, 2.45) is 0 Å². The monoisotopic (exact) mass is 581 g/mol. The lowest BCUT2D eigenvalue weighted by Gasteiger charge is -2.41. The summed E-state index contributed by atoms with van der Waals surface area (Å²) in [6, 6.07) is 14.2. The summed E-state index contributed by atoms with van der Waals surface area (Å²) in [6.07, 6.45) is 2.37. The molecule has 0 aromatic heterocycles. The second-order valence-corrected chi connectivity index (χ2v) is 10.2. The van der Waals surface area contributed by atoms with Crippen molar-refractivity contribution >= 4 is 23.7 Å². The van der Waals surface area contributed by atoms with Gasteiger partial charge < -0.3 is 25.0 Å². The molecule has 10 nitrogen and oxygen atoms in total. The van der Waals surface area contributed by atoms with E-state index in [1.165, 1.54) is 20.3 Å². The number of amides is 4. The van der Waals surface area contributed by atoms with E-state index in [0.29, 0.717) is 31.4 Å². The molecule has 1 fully saturated rings. The van der Waals surface area contributed by atoms with Crippen molar-refractivity contribution in [3.05, 3.63) is 77.0 Å². The van der Waals surface area contributed by atoms with Gasteiger partial charge in [-0.3, -0.25) is 0 Å².